The number of hydrogen-bond acceptors (Lipinski definition) is 2. The number of nitrogens with zero attached hydrogens (tertiary/aromatic N) is 2. The van der Waals surface area contributed by atoms with Crippen molar-refractivity contribution in [2.75, 3.05) is 0 Å². The number of fused-ring (bicyclic) bond motifs is 7. The van der Waals surface area contributed by atoms with Gasteiger partial charge in [-0.2, -0.15) is 5.10 Å². The van der Waals surface area contributed by atoms with Crippen molar-refractivity contribution in [3.05, 3.63) is 121 Å². The Labute approximate surface area is 233 Å². The zero-order valence-electron chi connectivity index (χ0n) is 21.6. The van der Waals surface area contributed by atoms with Gasteiger partial charge < -0.3 is 0 Å². The number of rotatable bonds is 3. The molecule has 0 radical (unpaired) electrons. The first-order valence-corrected chi connectivity index (χ1v) is 14.6. The third-order valence-electron chi connectivity index (χ3n) is 8.39. The van der Waals surface area contributed by atoms with E-state index >= 15 is 0 Å². The fourth-order valence-corrected chi connectivity index (χ4v) is 7.45. The molecule has 0 unspecified atom stereocenters. The highest BCUT2D eigenvalue weighted by Gasteiger charge is 2.30. The van der Waals surface area contributed by atoms with Crippen molar-refractivity contribution >= 4 is 58.6 Å². The molecule has 0 aliphatic heterocycles. The number of thiophene rings is 1. The maximum absolute atomic E-state index is 14.5. The van der Waals surface area contributed by atoms with Crippen molar-refractivity contribution in [1.82, 2.24) is 9.61 Å². The van der Waals surface area contributed by atoms with E-state index in [1.54, 1.807) is 12.1 Å². The summed E-state index contributed by atoms with van der Waals surface area (Å²) in [6.45, 7) is 0. The molecule has 1 fully saturated rings. The molecule has 1 aliphatic rings. The predicted molar refractivity (Wildman–Crippen MR) is 166 cm³/mol. The van der Waals surface area contributed by atoms with Gasteiger partial charge >= 0.3 is 0 Å². The quantitative estimate of drug-likeness (QED) is 0.220. The van der Waals surface area contributed by atoms with E-state index in [9.17, 15) is 4.39 Å². The van der Waals surface area contributed by atoms with E-state index in [-0.39, 0.29) is 5.82 Å². The summed E-state index contributed by atoms with van der Waals surface area (Å²) in [5, 5.41) is 12.3. The lowest BCUT2D eigenvalue weighted by Gasteiger charge is -2.10. The number of pyridine rings is 1. The Morgan fingerprint density at radius 3 is 2.33 bits per heavy atom. The molecular weight excluding hydrogens is 511 g/mol. The Balaban J connectivity index is 1.42. The van der Waals surface area contributed by atoms with Gasteiger partial charge in [0.2, 0.25) is 0 Å². The van der Waals surface area contributed by atoms with Crippen molar-refractivity contribution in [1.29, 1.82) is 0 Å². The van der Waals surface area contributed by atoms with E-state index in [1.807, 2.05) is 17.4 Å². The monoisotopic (exact) mass is 534 g/mol. The van der Waals surface area contributed by atoms with Crippen LogP contribution in [0.4, 0.5) is 4.39 Å². The number of benzene rings is 5. The van der Waals surface area contributed by atoms with Crippen molar-refractivity contribution in [2.45, 2.75) is 18.8 Å². The van der Waals surface area contributed by atoms with Crippen LogP contribution in [-0.2, 0) is 0 Å². The van der Waals surface area contributed by atoms with E-state index < -0.39 is 0 Å². The summed E-state index contributed by atoms with van der Waals surface area (Å²) in [6, 6.07) is 37.8. The number of aromatic nitrogens is 2. The normalized spacial score (nSPS) is 13.8. The number of hydrogen-bond donors (Lipinski definition) is 0. The molecule has 1 aliphatic carbocycles. The van der Waals surface area contributed by atoms with E-state index in [1.165, 1.54) is 36.6 Å². The molecule has 40 heavy (non-hydrogen) atoms. The third kappa shape index (κ3) is 3.29. The highest BCUT2D eigenvalue weighted by Crippen LogP contribution is 2.46. The summed E-state index contributed by atoms with van der Waals surface area (Å²) in [6.07, 6.45) is 2.29. The van der Waals surface area contributed by atoms with Crippen LogP contribution in [0.25, 0.3) is 69.6 Å². The van der Waals surface area contributed by atoms with Crippen LogP contribution in [-0.4, -0.2) is 9.61 Å². The lowest BCUT2D eigenvalue weighted by Crippen LogP contribution is -1.98. The fraction of sp³-hybridized carbons (Fsp3) is 0.0833. The Morgan fingerprint density at radius 1 is 0.650 bits per heavy atom. The summed E-state index contributed by atoms with van der Waals surface area (Å²) < 4.78 is 19.2. The zero-order valence-corrected chi connectivity index (χ0v) is 22.4. The summed E-state index contributed by atoms with van der Waals surface area (Å²) in [4.78, 5) is 0. The largest absolute Gasteiger partial charge is 0.236 e. The Hall–Kier alpha value is -4.54. The van der Waals surface area contributed by atoms with Crippen LogP contribution in [0, 0.1) is 5.82 Å². The predicted octanol–water partition coefficient (Wildman–Crippen LogP) is 10.4. The second-order valence-electron chi connectivity index (χ2n) is 10.9. The molecule has 9 rings (SSSR count). The molecule has 3 heterocycles. The molecule has 5 aromatic carbocycles. The van der Waals surface area contributed by atoms with Crippen molar-refractivity contribution < 1.29 is 4.39 Å². The SMILES string of the molecule is Fc1ccc2c(c1)cc(C1CC1)n1nc(-c3ccc4ccccc4c3)c(-c3ccc4c(c3)sc3ccccc34)c21. The van der Waals surface area contributed by atoms with E-state index in [4.69, 9.17) is 5.10 Å². The standard InChI is InChI=1S/C36H23FN2S/c37-27-14-16-28-26(18-27)19-31(22-10-11-22)39-36(28)34(35(38-39)25-12-9-21-5-1-2-6-23(21)17-25)24-13-15-30-29-7-3-4-8-32(29)40-33(30)20-24/h1-9,12-20,22H,10-11H2. The first-order valence-electron chi connectivity index (χ1n) is 13.8. The van der Waals surface area contributed by atoms with Crippen LogP contribution in [0.2, 0.25) is 0 Å². The molecule has 8 aromatic rings. The minimum absolute atomic E-state index is 0.207. The first-order chi connectivity index (χ1) is 19.7. The van der Waals surface area contributed by atoms with Gasteiger partial charge in [0.15, 0.2) is 0 Å². The van der Waals surface area contributed by atoms with Gasteiger partial charge in [-0.1, -0.05) is 66.7 Å². The average molecular weight is 535 g/mol. The lowest BCUT2D eigenvalue weighted by molar-refractivity contribution is 0.629. The molecule has 3 aromatic heterocycles. The van der Waals surface area contributed by atoms with Crippen LogP contribution in [0.15, 0.2) is 109 Å². The van der Waals surface area contributed by atoms with Gasteiger partial charge in [-0.25, -0.2) is 8.91 Å². The van der Waals surface area contributed by atoms with Gasteiger partial charge in [0, 0.05) is 48.3 Å². The molecule has 0 atom stereocenters. The topological polar surface area (TPSA) is 17.3 Å². The van der Waals surface area contributed by atoms with Crippen molar-refractivity contribution in [3.8, 4) is 22.4 Å². The Morgan fingerprint density at radius 2 is 1.43 bits per heavy atom. The van der Waals surface area contributed by atoms with Crippen molar-refractivity contribution in [3.63, 3.8) is 0 Å². The third-order valence-corrected chi connectivity index (χ3v) is 9.52. The van der Waals surface area contributed by atoms with Crippen LogP contribution in [0.3, 0.4) is 0 Å². The second kappa shape index (κ2) is 8.23. The molecule has 2 nitrogen and oxygen atoms in total. The van der Waals surface area contributed by atoms with Gasteiger partial charge in [-0.3, -0.25) is 0 Å². The van der Waals surface area contributed by atoms with Crippen LogP contribution >= 0.6 is 11.3 Å². The summed E-state index contributed by atoms with van der Waals surface area (Å²) in [5.74, 6) is 0.249. The lowest BCUT2D eigenvalue weighted by atomic mass is 9.95. The minimum atomic E-state index is -0.207. The molecule has 1 saturated carbocycles. The molecular formula is C36H23FN2S. The van der Waals surface area contributed by atoms with Gasteiger partial charge in [0.05, 0.1) is 5.52 Å². The Kier molecular flexibility index (Phi) is 4.59. The molecule has 0 bridgehead atoms. The molecule has 190 valence electrons. The molecule has 0 N–H and O–H groups in total. The highest BCUT2D eigenvalue weighted by molar-refractivity contribution is 7.25. The summed E-state index contributed by atoms with van der Waals surface area (Å²) in [7, 11) is 0. The van der Waals surface area contributed by atoms with Gasteiger partial charge in [-0.05, 0) is 77.0 Å². The smallest absolute Gasteiger partial charge is 0.123 e. The van der Waals surface area contributed by atoms with E-state index in [0.717, 1.165) is 51.5 Å². The van der Waals surface area contributed by atoms with Crippen LogP contribution < -0.4 is 0 Å². The minimum Gasteiger partial charge on any atom is -0.236 e. The molecule has 4 heteroatoms. The summed E-state index contributed by atoms with van der Waals surface area (Å²) >= 11 is 1.83. The van der Waals surface area contributed by atoms with Crippen LogP contribution in [0.1, 0.15) is 24.5 Å². The zero-order chi connectivity index (χ0) is 26.4. The van der Waals surface area contributed by atoms with Crippen molar-refractivity contribution in [2.24, 2.45) is 0 Å². The first kappa shape index (κ1) is 22.3. The van der Waals surface area contributed by atoms with Crippen LogP contribution in [0.5, 0.6) is 0 Å². The van der Waals surface area contributed by atoms with Gasteiger partial charge in [0.1, 0.15) is 11.5 Å². The average Bonchev–Trinajstić information content (AvgIpc) is 3.65. The molecule has 0 spiro atoms. The van der Waals surface area contributed by atoms with E-state index in [2.05, 4.69) is 95.5 Å². The van der Waals surface area contributed by atoms with Gasteiger partial charge in [-0.15, -0.1) is 11.3 Å². The fourth-order valence-electron chi connectivity index (χ4n) is 6.31. The molecule has 0 saturated heterocycles. The summed E-state index contributed by atoms with van der Waals surface area (Å²) in [5.41, 5.74) is 6.52. The maximum atomic E-state index is 14.5. The number of halogens is 1. The second-order valence-corrected chi connectivity index (χ2v) is 12.0. The highest BCUT2D eigenvalue weighted by atomic mass is 32.1. The Bertz CT molecular complexity index is 2300. The molecule has 0 amide bonds. The maximum Gasteiger partial charge on any atom is 0.123 e. The van der Waals surface area contributed by atoms with E-state index in [0.29, 0.717) is 5.92 Å². The van der Waals surface area contributed by atoms with Gasteiger partial charge in [0.25, 0.3) is 0 Å².